The van der Waals surface area contributed by atoms with Crippen molar-refractivity contribution in [2.75, 3.05) is 13.2 Å². The van der Waals surface area contributed by atoms with Gasteiger partial charge in [-0.25, -0.2) is 0 Å². The Balaban J connectivity index is 1.57. The molecule has 1 unspecified atom stereocenters. The number of carbonyl (C=O) groups is 2. The van der Waals surface area contributed by atoms with Gasteiger partial charge in [-0.05, 0) is 37.1 Å². The number of aryl methyl sites for hydroxylation is 1. The maximum atomic E-state index is 12.7. The molecule has 148 valence electrons. The van der Waals surface area contributed by atoms with Crippen LogP contribution in [0.4, 0.5) is 0 Å². The summed E-state index contributed by atoms with van der Waals surface area (Å²) in [5.41, 5.74) is 1.53. The van der Waals surface area contributed by atoms with Gasteiger partial charge < -0.3 is 20.1 Å². The van der Waals surface area contributed by atoms with Crippen molar-refractivity contribution in [3.8, 4) is 11.5 Å². The van der Waals surface area contributed by atoms with Gasteiger partial charge in [0.05, 0.1) is 6.54 Å². The van der Waals surface area contributed by atoms with E-state index in [4.69, 9.17) is 9.47 Å². The first kappa shape index (κ1) is 19.7. The van der Waals surface area contributed by atoms with Crippen molar-refractivity contribution in [3.63, 3.8) is 0 Å². The highest BCUT2D eigenvalue weighted by Gasteiger charge is 2.27. The Morgan fingerprint density at radius 1 is 1.11 bits per heavy atom. The molecule has 0 aromatic heterocycles. The Morgan fingerprint density at radius 3 is 2.57 bits per heavy atom. The van der Waals surface area contributed by atoms with Crippen molar-refractivity contribution in [2.24, 2.45) is 5.92 Å². The summed E-state index contributed by atoms with van der Waals surface area (Å²) in [5.74, 6) is 0.817. The molecule has 1 aliphatic heterocycles. The quantitative estimate of drug-likeness (QED) is 0.805. The average molecular weight is 382 g/mol. The lowest BCUT2D eigenvalue weighted by Gasteiger charge is -2.28. The minimum absolute atomic E-state index is 0.0574. The fourth-order valence-corrected chi connectivity index (χ4v) is 3.03. The predicted molar refractivity (Wildman–Crippen MR) is 107 cm³/mol. The van der Waals surface area contributed by atoms with E-state index in [0.717, 1.165) is 5.56 Å². The number of hydrogen-bond donors (Lipinski definition) is 2. The van der Waals surface area contributed by atoms with E-state index in [0.29, 0.717) is 30.2 Å². The minimum Gasteiger partial charge on any atom is -0.486 e. The summed E-state index contributed by atoms with van der Waals surface area (Å²) in [7, 11) is 0. The molecule has 1 heterocycles. The van der Waals surface area contributed by atoms with Gasteiger partial charge in [0.15, 0.2) is 11.5 Å². The van der Waals surface area contributed by atoms with Crippen molar-refractivity contribution >= 4 is 11.8 Å². The Labute approximate surface area is 165 Å². The van der Waals surface area contributed by atoms with Crippen molar-refractivity contribution in [3.05, 3.63) is 59.7 Å². The molecule has 0 radical (unpaired) electrons. The van der Waals surface area contributed by atoms with Gasteiger partial charge in [0.25, 0.3) is 5.91 Å². The van der Waals surface area contributed by atoms with E-state index < -0.39 is 6.04 Å². The molecule has 0 saturated carbocycles. The molecule has 0 aliphatic carbocycles. The molecule has 2 aromatic carbocycles. The molecule has 0 spiro atoms. The van der Waals surface area contributed by atoms with Crippen LogP contribution in [-0.4, -0.2) is 37.1 Å². The smallest absolute Gasteiger partial charge is 0.251 e. The number of amides is 2. The first-order valence-electron chi connectivity index (χ1n) is 9.48. The van der Waals surface area contributed by atoms with Crippen LogP contribution in [0.5, 0.6) is 11.5 Å². The second-order valence-corrected chi connectivity index (χ2v) is 7.31. The summed E-state index contributed by atoms with van der Waals surface area (Å²) in [4.78, 5) is 25.2. The summed E-state index contributed by atoms with van der Waals surface area (Å²) in [6, 6.07) is 14.1. The van der Waals surface area contributed by atoms with Crippen molar-refractivity contribution < 1.29 is 19.1 Å². The van der Waals surface area contributed by atoms with Crippen LogP contribution in [0.2, 0.25) is 0 Å². The van der Waals surface area contributed by atoms with Crippen LogP contribution in [0, 0.1) is 12.8 Å². The third kappa shape index (κ3) is 4.82. The Bertz CT molecular complexity index is 850. The molecule has 2 amide bonds. The Hall–Kier alpha value is -3.02. The summed E-state index contributed by atoms with van der Waals surface area (Å²) in [6.45, 7) is 6.39. The number of fused-ring (bicyclic) bond motifs is 1. The highest BCUT2D eigenvalue weighted by atomic mass is 16.6. The maximum Gasteiger partial charge on any atom is 0.251 e. The van der Waals surface area contributed by atoms with E-state index in [1.54, 1.807) is 12.1 Å². The standard InChI is InChI=1S/C22H26N2O4/c1-14(2)20(24-21(25)16-8-6-7-15(3)11-16)22(26)23-12-17-13-27-18-9-4-5-10-19(18)28-17/h4-11,14,17,20H,12-13H2,1-3H3,(H,23,26)(H,24,25)/t17?,20-/m0/s1. The molecule has 0 bridgehead atoms. The number of nitrogens with one attached hydrogen (secondary N) is 2. The zero-order chi connectivity index (χ0) is 20.1. The van der Waals surface area contributed by atoms with Gasteiger partial charge in [-0.3, -0.25) is 9.59 Å². The fraction of sp³-hybridized carbons (Fsp3) is 0.364. The molecule has 0 fully saturated rings. The number of rotatable bonds is 6. The van der Waals surface area contributed by atoms with Crippen LogP contribution in [0.15, 0.2) is 48.5 Å². The Morgan fingerprint density at radius 2 is 1.86 bits per heavy atom. The summed E-state index contributed by atoms with van der Waals surface area (Å²) in [5, 5.41) is 5.71. The number of benzene rings is 2. The highest BCUT2D eigenvalue weighted by molar-refractivity contribution is 5.97. The number of ether oxygens (including phenoxy) is 2. The molecule has 6 heteroatoms. The van der Waals surface area contributed by atoms with Crippen LogP contribution in [-0.2, 0) is 4.79 Å². The van der Waals surface area contributed by atoms with E-state index >= 15 is 0 Å². The number of hydrogen-bond acceptors (Lipinski definition) is 4. The van der Waals surface area contributed by atoms with Gasteiger partial charge in [-0.2, -0.15) is 0 Å². The lowest BCUT2D eigenvalue weighted by molar-refractivity contribution is -0.124. The number of carbonyl (C=O) groups excluding carboxylic acids is 2. The predicted octanol–water partition coefficient (Wildman–Crippen LogP) is 2.71. The first-order chi connectivity index (χ1) is 13.4. The van der Waals surface area contributed by atoms with Crippen LogP contribution in [0.1, 0.15) is 29.8 Å². The molecule has 0 saturated heterocycles. The topological polar surface area (TPSA) is 76.7 Å². The van der Waals surface area contributed by atoms with Crippen LogP contribution >= 0.6 is 0 Å². The van der Waals surface area contributed by atoms with Gasteiger partial charge in [-0.1, -0.05) is 43.7 Å². The minimum atomic E-state index is -0.634. The molecule has 28 heavy (non-hydrogen) atoms. The molecule has 3 rings (SSSR count). The van der Waals surface area contributed by atoms with E-state index in [1.807, 2.05) is 57.2 Å². The summed E-state index contributed by atoms with van der Waals surface area (Å²) < 4.78 is 11.5. The third-order valence-electron chi connectivity index (χ3n) is 4.59. The molecule has 2 aromatic rings. The van der Waals surface area contributed by atoms with Crippen LogP contribution < -0.4 is 20.1 Å². The molecular formula is C22H26N2O4. The lowest BCUT2D eigenvalue weighted by Crippen LogP contribution is -2.52. The molecule has 2 N–H and O–H groups in total. The van der Waals surface area contributed by atoms with Gasteiger partial charge in [-0.15, -0.1) is 0 Å². The zero-order valence-electron chi connectivity index (χ0n) is 16.4. The van der Waals surface area contributed by atoms with E-state index in [1.165, 1.54) is 0 Å². The zero-order valence-corrected chi connectivity index (χ0v) is 16.4. The van der Waals surface area contributed by atoms with Crippen molar-refractivity contribution in [1.29, 1.82) is 0 Å². The van der Waals surface area contributed by atoms with Gasteiger partial charge in [0, 0.05) is 5.56 Å². The molecule has 6 nitrogen and oxygen atoms in total. The molecular weight excluding hydrogens is 356 g/mol. The largest absolute Gasteiger partial charge is 0.486 e. The second-order valence-electron chi connectivity index (χ2n) is 7.31. The van der Waals surface area contributed by atoms with E-state index in [9.17, 15) is 9.59 Å². The summed E-state index contributed by atoms with van der Waals surface area (Å²) in [6.07, 6.45) is -0.279. The lowest BCUT2D eigenvalue weighted by atomic mass is 10.0. The summed E-state index contributed by atoms with van der Waals surface area (Å²) >= 11 is 0. The molecule has 1 aliphatic rings. The van der Waals surface area contributed by atoms with Crippen molar-refractivity contribution in [1.82, 2.24) is 10.6 Å². The van der Waals surface area contributed by atoms with Crippen LogP contribution in [0.3, 0.4) is 0 Å². The third-order valence-corrected chi connectivity index (χ3v) is 4.59. The Kier molecular flexibility index (Phi) is 6.19. The maximum absolute atomic E-state index is 12.7. The van der Waals surface area contributed by atoms with Gasteiger partial charge >= 0.3 is 0 Å². The second kappa shape index (κ2) is 8.78. The monoisotopic (exact) mass is 382 g/mol. The van der Waals surface area contributed by atoms with Crippen LogP contribution in [0.25, 0.3) is 0 Å². The SMILES string of the molecule is Cc1cccc(C(=O)N[C@H](C(=O)NCC2COc3ccccc3O2)C(C)C)c1. The van der Waals surface area contributed by atoms with Gasteiger partial charge in [0.1, 0.15) is 18.8 Å². The van der Waals surface area contributed by atoms with E-state index in [2.05, 4.69) is 10.6 Å². The first-order valence-corrected chi connectivity index (χ1v) is 9.48. The highest BCUT2D eigenvalue weighted by Crippen LogP contribution is 2.30. The fourth-order valence-electron chi connectivity index (χ4n) is 3.03. The normalized spacial score (nSPS) is 16.4. The number of para-hydroxylation sites is 2. The average Bonchev–Trinajstić information content (AvgIpc) is 2.69. The van der Waals surface area contributed by atoms with E-state index in [-0.39, 0.29) is 23.8 Å². The molecule has 2 atom stereocenters. The van der Waals surface area contributed by atoms with Gasteiger partial charge in [0.2, 0.25) is 5.91 Å². The van der Waals surface area contributed by atoms with Crippen molar-refractivity contribution in [2.45, 2.75) is 32.9 Å².